The third-order valence-electron chi connectivity index (χ3n) is 5.19. The molecule has 3 rings (SSSR count). The number of halogens is 1. The Morgan fingerprint density at radius 3 is 2.74 bits per heavy atom. The summed E-state index contributed by atoms with van der Waals surface area (Å²) in [4.78, 5) is 28.5. The van der Waals surface area contributed by atoms with Crippen molar-refractivity contribution in [3.63, 3.8) is 0 Å². The van der Waals surface area contributed by atoms with Gasteiger partial charge in [-0.05, 0) is 42.5 Å². The second kappa shape index (κ2) is 8.61. The van der Waals surface area contributed by atoms with Gasteiger partial charge in [-0.1, -0.05) is 26.7 Å². The number of hydrogen-bond acceptors (Lipinski definition) is 5. The van der Waals surface area contributed by atoms with Gasteiger partial charge in [0.25, 0.3) is 5.91 Å². The Labute approximate surface area is 162 Å². The predicted octanol–water partition coefficient (Wildman–Crippen LogP) is 4.05. The minimum atomic E-state index is -0.639. The molecule has 0 unspecified atom stereocenters. The first-order chi connectivity index (χ1) is 12.9. The van der Waals surface area contributed by atoms with Crippen LogP contribution in [0.4, 0.5) is 4.39 Å². The molecule has 0 radical (unpaired) electrons. The van der Waals surface area contributed by atoms with Gasteiger partial charge >= 0.3 is 5.97 Å². The Morgan fingerprint density at radius 2 is 2.00 bits per heavy atom. The smallest absolute Gasteiger partial charge is 0.358 e. The van der Waals surface area contributed by atoms with E-state index in [-0.39, 0.29) is 30.1 Å². The summed E-state index contributed by atoms with van der Waals surface area (Å²) in [5, 5.41) is 5.14. The van der Waals surface area contributed by atoms with Gasteiger partial charge in [-0.3, -0.25) is 4.79 Å². The van der Waals surface area contributed by atoms with Crippen LogP contribution in [0.5, 0.6) is 0 Å². The molecule has 1 aromatic carbocycles. The first kappa shape index (κ1) is 19.5. The summed E-state index contributed by atoms with van der Waals surface area (Å²) in [6.45, 7) is 4.02. The minimum absolute atomic E-state index is 0.129. The summed E-state index contributed by atoms with van der Waals surface area (Å²) >= 11 is 1.27. The molecule has 27 heavy (non-hydrogen) atoms. The van der Waals surface area contributed by atoms with Crippen molar-refractivity contribution in [2.75, 3.05) is 6.61 Å². The summed E-state index contributed by atoms with van der Waals surface area (Å²) in [6.07, 6.45) is 3.24. The van der Waals surface area contributed by atoms with E-state index in [0.717, 1.165) is 18.4 Å². The van der Waals surface area contributed by atoms with Gasteiger partial charge in [-0.15, -0.1) is 11.3 Å². The Hall–Kier alpha value is -2.28. The molecule has 0 bridgehead atoms. The zero-order valence-corrected chi connectivity index (χ0v) is 16.2. The molecule has 1 aliphatic rings. The van der Waals surface area contributed by atoms with E-state index < -0.39 is 5.97 Å². The fourth-order valence-corrected chi connectivity index (χ4v) is 4.13. The number of hydrogen-bond donors (Lipinski definition) is 1. The lowest BCUT2D eigenvalue weighted by molar-refractivity contribution is -0.125. The van der Waals surface area contributed by atoms with Crippen LogP contribution >= 0.6 is 11.3 Å². The Balaban J connectivity index is 1.52. The van der Waals surface area contributed by atoms with Crippen LogP contribution in [0.2, 0.25) is 0 Å². The van der Waals surface area contributed by atoms with Crippen LogP contribution < -0.4 is 5.32 Å². The molecule has 1 heterocycles. The van der Waals surface area contributed by atoms with Crippen molar-refractivity contribution in [3.8, 4) is 10.6 Å². The molecule has 1 aliphatic carbocycles. The highest BCUT2D eigenvalue weighted by molar-refractivity contribution is 7.13. The van der Waals surface area contributed by atoms with E-state index in [1.165, 1.54) is 29.9 Å². The number of carbonyl (C=O) groups is 2. The van der Waals surface area contributed by atoms with Crippen LogP contribution in [0.25, 0.3) is 10.6 Å². The average molecular weight is 390 g/mol. The minimum Gasteiger partial charge on any atom is -0.451 e. The summed E-state index contributed by atoms with van der Waals surface area (Å²) in [7, 11) is 0. The van der Waals surface area contributed by atoms with Crippen LogP contribution in [-0.4, -0.2) is 29.5 Å². The lowest BCUT2D eigenvalue weighted by atomic mass is 9.78. The number of nitrogens with one attached hydrogen (secondary N) is 1. The molecule has 5 nitrogen and oxygen atoms in total. The molecule has 1 amide bonds. The zero-order valence-electron chi connectivity index (χ0n) is 15.4. The van der Waals surface area contributed by atoms with E-state index in [9.17, 15) is 14.0 Å². The van der Waals surface area contributed by atoms with Crippen molar-refractivity contribution in [2.24, 2.45) is 11.8 Å². The highest BCUT2D eigenvalue weighted by Crippen LogP contribution is 2.29. The van der Waals surface area contributed by atoms with Crippen molar-refractivity contribution in [3.05, 3.63) is 41.2 Å². The van der Waals surface area contributed by atoms with Gasteiger partial charge < -0.3 is 10.1 Å². The molecule has 1 N–H and O–H groups in total. The van der Waals surface area contributed by atoms with E-state index in [1.54, 1.807) is 17.5 Å². The molecule has 0 aliphatic heterocycles. The van der Waals surface area contributed by atoms with Gasteiger partial charge in [0, 0.05) is 17.0 Å². The van der Waals surface area contributed by atoms with Gasteiger partial charge in [-0.2, -0.15) is 0 Å². The second-order valence-corrected chi connectivity index (χ2v) is 7.92. The summed E-state index contributed by atoms with van der Waals surface area (Å²) < 4.78 is 18.1. The molecule has 1 fully saturated rings. The largest absolute Gasteiger partial charge is 0.451 e. The molecule has 0 saturated heterocycles. The monoisotopic (exact) mass is 390 g/mol. The number of nitrogens with zero attached hydrogens (tertiary/aromatic N) is 1. The van der Waals surface area contributed by atoms with E-state index in [0.29, 0.717) is 16.8 Å². The van der Waals surface area contributed by atoms with Gasteiger partial charge in [0.1, 0.15) is 10.8 Å². The Morgan fingerprint density at radius 1 is 1.26 bits per heavy atom. The normalized spacial score (nSPS) is 22.3. The maximum Gasteiger partial charge on any atom is 0.358 e. The van der Waals surface area contributed by atoms with Crippen LogP contribution in [0.3, 0.4) is 0 Å². The van der Waals surface area contributed by atoms with Crippen LogP contribution in [0.15, 0.2) is 29.6 Å². The number of rotatable bonds is 5. The number of benzene rings is 1. The second-order valence-electron chi connectivity index (χ2n) is 7.06. The predicted molar refractivity (Wildman–Crippen MR) is 102 cm³/mol. The lowest BCUT2D eigenvalue weighted by Crippen LogP contribution is -2.45. The van der Waals surface area contributed by atoms with Crippen LogP contribution in [0.1, 0.15) is 43.6 Å². The summed E-state index contributed by atoms with van der Waals surface area (Å²) in [5.41, 5.74) is 0.866. The highest BCUT2D eigenvalue weighted by Gasteiger charge is 2.28. The van der Waals surface area contributed by atoms with Crippen molar-refractivity contribution in [2.45, 2.75) is 39.2 Å². The first-order valence-corrected chi connectivity index (χ1v) is 10.00. The molecule has 3 atom stereocenters. The van der Waals surface area contributed by atoms with E-state index in [1.807, 2.05) is 0 Å². The summed E-state index contributed by atoms with van der Waals surface area (Å²) in [5.74, 6) is -0.271. The average Bonchev–Trinajstić information content (AvgIpc) is 3.14. The molecule has 1 aromatic heterocycles. The number of ether oxygens (including phenoxy) is 1. The fourth-order valence-electron chi connectivity index (χ4n) is 3.33. The highest BCUT2D eigenvalue weighted by atomic mass is 32.1. The number of thiazole rings is 1. The number of esters is 1. The quantitative estimate of drug-likeness (QED) is 0.782. The lowest BCUT2D eigenvalue weighted by Gasteiger charge is -2.34. The Bertz CT molecular complexity index is 806. The Kier molecular flexibility index (Phi) is 6.21. The third kappa shape index (κ3) is 4.91. The zero-order chi connectivity index (χ0) is 19.4. The van der Waals surface area contributed by atoms with Crippen molar-refractivity contribution in [1.82, 2.24) is 10.3 Å². The third-order valence-corrected chi connectivity index (χ3v) is 6.08. The van der Waals surface area contributed by atoms with Crippen LogP contribution in [0, 0.1) is 17.7 Å². The fraction of sp³-hybridized carbons (Fsp3) is 0.450. The van der Waals surface area contributed by atoms with Gasteiger partial charge in [0.2, 0.25) is 0 Å². The van der Waals surface area contributed by atoms with Crippen LogP contribution in [-0.2, 0) is 9.53 Å². The molecule has 2 aromatic rings. The van der Waals surface area contributed by atoms with E-state index in [2.05, 4.69) is 24.1 Å². The molecular weight excluding hydrogens is 367 g/mol. The molecular formula is C20H23FN2O3S. The maximum absolute atomic E-state index is 13.0. The molecule has 0 spiro atoms. The SMILES string of the molecule is C[C@H]1[C@@H](NC(=O)COC(=O)c2csc(-c3ccc(F)cc3)n2)CCC[C@@H]1C. The molecule has 7 heteroatoms. The van der Waals surface area contributed by atoms with Crippen molar-refractivity contribution in [1.29, 1.82) is 0 Å². The first-order valence-electron chi connectivity index (χ1n) is 9.12. The van der Waals surface area contributed by atoms with Gasteiger partial charge in [0.05, 0.1) is 0 Å². The van der Waals surface area contributed by atoms with E-state index >= 15 is 0 Å². The standard InChI is InChI=1S/C20H23FN2O3S/c1-12-4-3-5-16(13(12)2)22-18(24)10-26-20(25)17-11-27-19(23-17)14-6-8-15(21)9-7-14/h6-9,11-13,16H,3-5,10H2,1-2H3,(H,22,24)/t12-,13+,16-/m0/s1. The topological polar surface area (TPSA) is 68.3 Å². The summed E-state index contributed by atoms with van der Waals surface area (Å²) in [6, 6.07) is 6.01. The maximum atomic E-state index is 13.0. The molecule has 144 valence electrons. The molecule has 1 saturated carbocycles. The number of aromatic nitrogens is 1. The van der Waals surface area contributed by atoms with E-state index in [4.69, 9.17) is 4.74 Å². The van der Waals surface area contributed by atoms with Crippen molar-refractivity contribution >= 4 is 23.2 Å². The van der Waals surface area contributed by atoms with Gasteiger partial charge in [0.15, 0.2) is 12.3 Å². The number of amides is 1. The number of carbonyl (C=O) groups excluding carboxylic acids is 2. The van der Waals surface area contributed by atoms with Crippen molar-refractivity contribution < 1.29 is 18.7 Å². The van der Waals surface area contributed by atoms with Gasteiger partial charge in [-0.25, -0.2) is 14.2 Å².